The zero-order chi connectivity index (χ0) is 18.9. The highest BCUT2D eigenvalue weighted by atomic mass is 16.5. The Balaban J connectivity index is 1.29. The van der Waals surface area contributed by atoms with E-state index in [1.165, 1.54) is 89.0 Å². The molecule has 0 aliphatic heterocycles. The van der Waals surface area contributed by atoms with Gasteiger partial charge in [0.1, 0.15) is 5.75 Å². The van der Waals surface area contributed by atoms with Crippen molar-refractivity contribution >= 4 is 0 Å². The van der Waals surface area contributed by atoms with Crippen LogP contribution in [0.3, 0.4) is 0 Å². The Morgan fingerprint density at radius 1 is 0.778 bits per heavy atom. The van der Waals surface area contributed by atoms with Crippen LogP contribution in [-0.4, -0.2) is 6.61 Å². The molecule has 1 heteroatoms. The summed E-state index contributed by atoms with van der Waals surface area (Å²) in [6.45, 7) is 5.59. The molecule has 0 atom stereocenters. The van der Waals surface area contributed by atoms with E-state index >= 15 is 0 Å². The molecule has 0 saturated heterocycles. The van der Waals surface area contributed by atoms with Crippen LogP contribution in [0.15, 0.2) is 24.3 Å². The van der Waals surface area contributed by atoms with Gasteiger partial charge in [-0.3, -0.25) is 0 Å². The predicted octanol–water partition coefficient (Wildman–Crippen LogP) is 8.14. The molecule has 0 unspecified atom stereocenters. The van der Waals surface area contributed by atoms with Crippen molar-refractivity contribution in [1.29, 1.82) is 0 Å². The number of unbranched alkanes of at least 4 members (excludes halogenated alkanes) is 1. The molecule has 1 aromatic rings. The monoisotopic (exact) mass is 370 g/mol. The summed E-state index contributed by atoms with van der Waals surface area (Å²) < 4.78 is 6.03. The summed E-state index contributed by atoms with van der Waals surface area (Å²) in [5.74, 6) is 4.76. The molecule has 0 bridgehead atoms. The van der Waals surface area contributed by atoms with Crippen molar-refractivity contribution in [3.05, 3.63) is 29.8 Å². The fraction of sp³-hybridized carbons (Fsp3) is 0.769. The molecule has 27 heavy (non-hydrogen) atoms. The number of ether oxygens (including phenoxy) is 1. The second kappa shape index (κ2) is 11.1. The third kappa shape index (κ3) is 6.84. The Labute approximate surface area is 168 Å². The lowest BCUT2D eigenvalue weighted by molar-refractivity contribution is 0.228. The summed E-state index contributed by atoms with van der Waals surface area (Å²) in [7, 11) is 0. The highest BCUT2D eigenvalue weighted by Crippen LogP contribution is 2.36. The Kier molecular flexibility index (Phi) is 8.55. The van der Waals surface area contributed by atoms with Gasteiger partial charge in [0.15, 0.2) is 0 Å². The normalized spacial score (nSPS) is 28.8. The highest BCUT2D eigenvalue weighted by molar-refractivity contribution is 5.29. The van der Waals surface area contributed by atoms with Gasteiger partial charge in [0.05, 0.1) is 6.61 Å². The van der Waals surface area contributed by atoms with Crippen molar-refractivity contribution in [2.45, 2.75) is 103 Å². The molecule has 2 saturated carbocycles. The van der Waals surface area contributed by atoms with Gasteiger partial charge < -0.3 is 4.74 Å². The summed E-state index contributed by atoms with van der Waals surface area (Å²) in [4.78, 5) is 0. The van der Waals surface area contributed by atoms with Crippen LogP contribution in [0.25, 0.3) is 0 Å². The van der Waals surface area contributed by atoms with Crippen molar-refractivity contribution in [2.24, 2.45) is 17.8 Å². The fourth-order valence-electron chi connectivity index (χ4n) is 5.29. The zero-order valence-electron chi connectivity index (χ0n) is 17.9. The Morgan fingerprint density at radius 3 is 1.96 bits per heavy atom. The van der Waals surface area contributed by atoms with Crippen LogP contribution in [0.1, 0.15) is 109 Å². The Morgan fingerprint density at radius 2 is 1.37 bits per heavy atom. The third-order valence-corrected chi connectivity index (χ3v) is 7.33. The van der Waals surface area contributed by atoms with E-state index < -0.39 is 0 Å². The summed E-state index contributed by atoms with van der Waals surface area (Å²) >= 11 is 0. The van der Waals surface area contributed by atoms with Gasteiger partial charge in [0.25, 0.3) is 0 Å². The highest BCUT2D eigenvalue weighted by Gasteiger charge is 2.21. The minimum absolute atomic E-state index is 0.780. The van der Waals surface area contributed by atoms with Gasteiger partial charge in [0, 0.05) is 0 Å². The first-order valence-electron chi connectivity index (χ1n) is 12.0. The summed E-state index contributed by atoms with van der Waals surface area (Å²) in [5.41, 5.74) is 1.52. The van der Waals surface area contributed by atoms with Crippen LogP contribution in [-0.2, 0) is 0 Å². The van der Waals surface area contributed by atoms with E-state index in [1.54, 1.807) is 0 Å². The van der Waals surface area contributed by atoms with E-state index in [0.717, 1.165) is 36.0 Å². The maximum absolute atomic E-state index is 6.03. The van der Waals surface area contributed by atoms with Crippen LogP contribution in [0.4, 0.5) is 0 Å². The predicted molar refractivity (Wildman–Crippen MR) is 117 cm³/mol. The molecular formula is C26H42O. The lowest BCUT2D eigenvalue weighted by atomic mass is 9.78. The standard InChI is InChI=1S/C26H42O/c1-3-4-6-22-10-12-23(13-11-22)7-5-20-27-26-18-16-25(17-19-26)24-14-8-21(2)9-15-24/h16-19,21-24H,3-15,20H2,1-2H3. The van der Waals surface area contributed by atoms with Crippen molar-refractivity contribution in [1.82, 2.24) is 0 Å². The minimum atomic E-state index is 0.780. The maximum Gasteiger partial charge on any atom is 0.119 e. The second-order valence-electron chi connectivity index (χ2n) is 9.55. The van der Waals surface area contributed by atoms with Crippen LogP contribution >= 0.6 is 0 Å². The number of hydrogen-bond acceptors (Lipinski definition) is 1. The number of benzene rings is 1. The zero-order valence-corrected chi connectivity index (χ0v) is 17.9. The molecule has 1 aromatic carbocycles. The van der Waals surface area contributed by atoms with Crippen molar-refractivity contribution in [3.63, 3.8) is 0 Å². The molecule has 152 valence electrons. The molecule has 0 amide bonds. The van der Waals surface area contributed by atoms with Crippen LogP contribution in [0, 0.1) is 17.8 Å². The van der Waals surface area contributed by atoms with Gasteiger partial charge in [-0.05, 0) is 67.1 Å². The van der Waals surface area contributed by atoms with E-state index in [4.69, 9.17) is 4.74 Å². The fourth-order valence-corrected chi connectivity index (χ4v) is 5.29. The lowest BCUT2D eigenvalue weighted by Gasteiger charge is -2.28. The molecule has 2 fully saturated rings. The Hall–Kier alpha value is -0.980. The maximum atomic E-state index is 6.03. The molecule has 3 rings (SSSR count). The van der Waals surface area contributed by atoms with Crippen molar-refractivity contribution in [2.75, 3.05) is 6.61 Å². The van der Waals surface area contributed by atoms with Crippen molar-refractivity contribution < 1.29 is 4.74 Å². The molecule has 0 spiro atoms. The summed E-state index contributed by atoms with van der Waals surface area (Å²) in [5, 5.41) is 0. The van der Waals surface area contributed by atoms with Gasteiger partial charge >= 0.3 is 0 Å². The van der Waals surface area contributed by atoms with Gasteiger partial charge in [-0.25, -0.2) is 0 Å². The third-order valence-electron chi connectivity index (χ3n) is 7.33. The molecule has 2 aliphatic carbocycles. The topological polar surface area (TPSA) is 9.23 Å². The first-order valence-corrected chi connectivity index (χ1v) is 12.0. The molecule has 0 radical (unpaired) electrons. The van der Waals surface area contributed by atoms with Gasteiger partial charge in [-0.1, -0.05) is 83.8 Å². The molecule has 2 aliphatic rings. The number of rotatable bonds is 9. The molecular weight excluding hydrogens is 328 g/mol. The SMILES string of the molecule is CCCCC1CCC(CCCOc2ccc(C3CCC(C)CC3)cc2)CC1. The van der Waals surface area contributed by atoms with Crippen molar-refractivity contribution in [3.8, 4) is 5.75 Å². The average molecular weight is 371 g/mol. The Bertz CT molecular complexity index is 504. The first-order chi connectivity index (χ1) is 13.2. The largest absolute Gasteiger partial charge is 0.494 e. The molecule has 0 heterocycles. The summed E-state index contributed by atoms with van der Waals surface area (Å²) in [6, 6.07) is 9.03. The smallest absolute Gasteiger partial charge is 0.119 e. The van der Waals surface area contributed by atoms with E-state index in [0.29, 0.717) is 0 Å². The molecule has 0 N–H and O–H groups in total. The second-order valence-corrected chi connectivity index (χ2v) is 9.55. The van der Waals surface area contributed by atoms with Gasteiger partial charge in [-0.15, -0.1) is 0 Å². The lowest BCUT2D eigenvalue weighted by Crippen LogP contribution is -2.15. The van der Waals surface area contributed by atoms with Crippen LogP contribution in [0.5, 0.6) is 5.75 Å². The van der Waals surface area contributed by atoms with E-state index in [9.17, 15) is 0 Å². The van der Waals surface area contributed by atoms with Gasteiger partial charge in [0.2, 0.25) is 0 Å². The van der Waals surface area contributed by atoms with Gasteiger partial charge in [-0.2, -0.15) is 0 Å². The summed E-state index contributed by atoms with van der Waals surface area (Å²) in [6.07, 6.45) is 18.2. The quantitative estimate of drug-likeness (QED) is 0.399. The number of hydrogen-bond donors (Lipinski definition) is 0. The minimum Gasteiger partial charge on any atom is -0.494 e. The van der Waals surface area contributed by atoms with Crippen LogP contribution in [0.2, 0.25) is 0 Å². The van der Waals surface area contributed by atoms with Crippen LogP contribution < -0.4 is 4.74 Å². The van der Waals surface area contributed by atoms with E-state index in [2.05, 4.69) is 38.1 Å². The van der Waals surface area contributed by atoms with E-state index in [-0.39, 0.29) is 0 Å². The first kappa shape index (κ1) is 20.7. The van der Waals surface area contributed by atoms with E-state index in [1.807, 2.05) is 0 Å². The molecule has 0 aromatic heterocycles. The average Bonchev–Trinajstić information content (AvgIpc) is 2.72. The molecule has 1 nitrogen and oxygen atoms in total.